The lowest BCUT2D eigenvalue weighted by atomic mass is 9.70. The lowest BCUT2D eigenvalue weighted by Gasteiger charge is -2.40. The van der Waals surface area contributed by atoms with Gasteiger partial charge in [-0.3, -0.25) is 0 Å². The molecule has 4 heteroatoms. The van der Waals surface area contributed by atoms with Crippen LogP contribution in [0.5, 0.6) is 0 Å². The van der Waals surface area contributed by atoms with Gasteiger partial charge in [0.25, 0.3) is 0 Å². The molecule has 1 spiro atoms. The Morgan fingerprint density at radius 1 is 1.23 bits per heavy atom. The third-order valence-electron chi connectivity index (χ3n) is 5.20. The maximum atomic E-state index is 13.8. The summed E-state index contributed by atoms with van der Waals surface area (Å²) in [5.41, 5.74) is 2.38. The Kier molecular flexibility index (Phi) is 4.30. The number of rotatable bonds is 2. The number of halogens is 1. The minimum atomic E-state index is -1.14. The van der Waals surface area contributed by atoms with Crippen molar-refractivity contribution in [1.29, 1.82) is 0 Å². The van der Waals surface area contributed by atoms with Crippen LogP contribution in [-0.4, -0.2) is 9.30 Å². The van der Waals surface area contributed by atoms with E-state index in [9.17, 15) is 8.94 Å². The molecule has 3 rings (SSSR count). The van der Waals surface area contributed by atoms with E-state index in [1.165, 1.54) is 24.8 Å². The van der Waals surface area contributed by atoms with Gasteiger partial charge in [-0.15, -0.1) is 4.72 Å². The minimum Gasteiger partial charge on any atom is -0.598 e. The van der Waals surface area contributed by atoms with Gasteiger partial charge in [-0.2, -0.15) is 0 Å². The lowest BCUT2D eigenvalue weighted by molar-refractivity contribution is 0.152. The van der Waals surface area contributed by atoms with E-state index < -0.39 is 11.4 Å². The van der Waals surface area contributed by atoms with Gasteiger partial charge in [0.2, 0.25) is 0 Å². The second kappa shape index (κ2) is 5.81. The molecule has 1 saturated carbocycles. The van der Waals surface area contributed by atoms with Crippen LogP contribution < -0.4 is 4.72 Å². The van der Waals surface area contributed by atoms with Gasteiger partial charge in [-0.05, 0) is 68.7 Å². The quantitative estimate of drug-likeness (QED) is 0.817. The van der Waals surface area contributed by atoms with E-state index in [0.29, 0.717) is 0 Å². The molecule has 0 unspecified atom stereocenters. The highest BCUT2D eigenvalue weighted by Crippen LogP contribution is 2.54. The number of fused-ring (bicyclic) bond motifs is 1. The molecule has 0 heterocycles. The molecule has 1 aromatic carbocycles. The average Bonchev–Trinajstić information content (AvgIpc) is 2.72. The molecule has 122 valence electrons. The molecule has 2 nitrogen and oxygen atoms in total. The zero-order valence-corrected chi connectivity index (χ0v) is 14.6. The summed E-state index contributed by atoms with van der Waals surface area (Å²) in [5.74, 6) is -0.194. The number of benzene rings is 1. The van der Waals surface area contributed by atoms with Gasteiger partial charge in [0, 0.05) is 11.4 Å². The first kappa shape index (κ1) is 16.3. The molecule has 0 aliphatic heterocycles. The zero-order valence-electron chi connectivity index (χ0n) is 13.7. The first-order valence-electron chi connectivity index (χ1n) is 8.28. The van der Waals surface area contributed by atoms with Crippen LogP contribution in [0.25, 0.3) is 0 Å². The third kappa shape index (κ3) is 2.93. The van der Waals surface area contributed by atoms with Crippen LogP contribution in [0, 0.1) is 11.2 Å². The van der Waals surface area contributed by atoms with Crippen molar-refractivity contribution in [2.45, 2.75) is 70.1 Å². The molecular formula is C18H26FNOS. The third-order valence-corrected chi connectivity index (χ3v) is 6.77. The summed E-state index contributed by atoms with van der Waals surface area (Å²) in [4.78, 5) is 0. The van der Waals surface area contributed by atoms with Gasteiger partial charge < -0.3 is 4.55 Å². The Morgan fingerprint density at radius 3 is 2.55 bits per heavy atom. The fourth-order valence-corrected chi connectivity index (χ4v) is 4.94. The van der Waals surface area contributed by atoms with Crippen LogP contribution in [0.2, 0.25) is 0 Å². The van der Waals surface area contributed by atoms with Crippen LogP contribution in [-0.2, 0) is 17.8 Å². The highest BCUT2D eigenvalue weighted by molar-refractivity contribution is 7.90. The predicted molar refractivity (Wildman–Crippen MR) is 89.4 cm³/mol. The van der Waals surface area contributed by atoms with Gasteiger partial charge >= 0.3 is 0 Å². The van der Waals surface area contributed by atoms with Crippen LogP contribution in [0.15, 0.2) is 18.2 Å². The lowest BCUT2D eigenvalue weighted by Crippen LogP contribution is -2.46. The van der Waals surface area contributed by atoms with E-state index in [0.717, 1.165) is 24.8 Å². The standard InChI is InChI=1S/C18H26FNOS/c1-17(2,3)22(21)20-16-15-11-14(19)8-7-13(15)12-18(16)9-5-4-6-10-18/h7-8,11,16,20H,4-6,9-10,12H2,1-3H3/t16-,22-/m1/s1. The molecule has 0 saturated heterocycles. The Balaban J connectivity index is 1.95. The molecule has 0 amide bonds. The molecule has 2 aliphatic carbocycles. The van der Waals surface area contributed by atoms with Crippen LogP contribution in [0.1, 0.15) is 70.0 Å². The molecular weight excluding hydrogens is 297 g/mol. The number of nitrogens with one attached hydrogen (secondary N) is 1. The average molecular weight is 323 g/mol. The van der Waals surface area contributed by atoms with Crippen molar-refractivity contribution in [3.63, 3.8) is 0 Å². The first-order chi connectivity index (χ1) is 10.3. The number of hydrogen-bond donors (Lipinski definition) is 1. The summed E-state index contributed by atoms with van der Waals surface area (Å²) >= 11 is -1.14. The molecule has 0 aromatic heterocycles. The largest absolute Gasteiger partial charge is 0.598 e. The SMILES string of the molecule is CC(C)(C)[S@@+]([O-])N[C@@H]1c2cc(F)ccc2CC12CCCCC2. The van der Waals surface area contributed by atoms with Crippen molar-refractivity contribution in [2.24, 2.45) is 5.41 Å². The van der Waals surface area contributed by atoms with Crippen molar-refractivity contribution in [2.75, 3.05) is 0 Å². The van der Waals surface area contributed by atoms with E-state index in [1.54, 1.807) is 12.1 Å². The summed E-state index contributed by atoms with van der Waals surface area (Å²) in [6.07, 6.45) is 6.99. The van der Waals surface area contributed by atoms with Gasteiger partial charge in [0.05, 0.1) is 6.04 Å². The van der Waals surface area contributed by atoms with Crippen LogP contribution in [0.3, 0.4) is 0 Å². The fourth-order valence-electron chi connectivity index (χ4n) is 4.00. The molecule has 0 bridgehead atoms. The highest BCUT2D eigenvalue weighted by atomic mass is 32.2. The monoisotopic (exact) mass is 323 g/mol. The summed E-state index contributed by atoms with van der Waals surface area (Å²) in [7, 11) is 0. The highest BCUT2D eigenvalue weighted by Gasteiger charge is 2.49. The Labute approximate surface area is 136 Å². The molecule has 2 atom stereocenters. The molecule has 1 N–H and O–H groups in total. The number of hydrogen-bond acceptors (Lipinski definition) is 2. The minimum absolute atomic E-state index is 0.0126. The molecule has 1 fully saturated rings. The van der Waals surface area contributed by atoms with Gasteiger partial charge in [-0.25, -0.2) is 4.39 Å². The smallest absolute Gasteiger partial charge is 0.136 e. The molecule has 2 aliphatic rings. The summed E-state index contributed by atoms with van der Waals surface area (Å²) in [5, 5.41) is 0. The second-order valence-corrected chi connectivity index (χ2v) is 9.87. The Morgan fingerprint density at radius 2 is 1.91 bits per heavy atom. The van der Waals surface area contributed by atoms with Crippen LogP contribution >= 0.6 is 0 Å². The maximum Gasteiger partial charge on any atom is 0.136 e. The summed E-state index contributed by atoms with van der Waals surface area (Å²) in [6, 6.07) is 5.13. The fraction of sp³-hybridized carbons (Fsp3) is 0.667. The van der Waals surface area contributed by atoms with Crippen molar-refractivity contribution >= 4 is 11.4 Å². The maximum absolute atomic E-state index is 13.8. The van der Waals surface area contributed by atoms with Crippen molar-refractivity contribution < 1.29 is 8.94 Å². The van der Waals surface area contributed by atoms with Gasteiger partial charge in [-0.1, -0.05) is 25.3 Å². The second-order valence-electron chi connectivity index (χ2n) is 7.87. The van der Waals surface area contributed by atoms with Crippen molar-refractivity contribution in [1.82, 2.24) is 4.72 Å². The Hall–Kier alpha value is -0.580. The van der Waals surface area contributed by atoms with E-state index in [4.69, 9.17) is 0 Å². The van der Waals surface area contributed by atoms with Gasteiger partial charge in [0.1, 0.15) is 10.6 Å². The predicted octanol–water partition coefficient (Wildman–Crippen LogP) is 4.43. The van der Waals surface area contributed by atoms with Crippen molar-refractivity contribution in [3.05, 3.63) is 35.1 Å². The normalized spacial score (nSPS) is 25.2. The van der Waals surface area contributed by atoms with Crippen molar-refractivity contribution in [3.8, 4) is 0 Å². The molecule has 22 heavy (non-hydrogen) atoms. The molecule has 1 aromatic rings. The summed E-state index contributed by atoms with van der Waals surface area (Å²) in [6.45, 7) is 5.93. The summed E-state index contributed by atoms with van der Waals surface area (Å²) < 4.78 is 29.5. The van der Waals surface area contributed by atoms with Crippen LogP contribution in [0.4, 0.5) is 4.39 Å². The van der Waals surface area contributed by atoms with E-state index in [1.807, 2.05) is 26.8 Å². The molecule has 0 radical (unpaired) electrons. The topological polar surface area (TPSA) is 35.1 Å². The van der Waals surface area contributed by atoms with Gasteiger partial charge in [0.15, 0.2) is 0 Å². The van der Waals surface area contributed by atoms with E-state index in [2.05, 4.69) is 4.72 Å². The van der Waals surface area contributed by atoms with E-state index >= 15 is 0 Å². The zero-order chi connectivity index (χ0) is 16.0. The first-order valence-corrected chi connectivity index (χ1v) is 9.43. The van der Waals surface area contributed by atoms with E-state index in [-0.39, 0.29) is 22.0 Å². The Bertz CT molecular complexity index is 549.